The van der Waals surface area contributed by atoms with E-state index in [4.69, 9.17) is 14.2 Å². The third kappa shape index (κ3) is 67.3. The van der Waals surface area contributed by atoms with Crippen LogP contribution in [0.4, 0.5) is 0 Å². The topological polar surface area (TPSA) is 78.9 Å². The molecule has 0 radical (unpaired) electrons. The van der Waals surface area contributed by atoms with Gasteiger partial charge in [0.15, 0.2) is 6.10 Å². The van der Waals surface area contributed by atoms with Crippen molar-refractivity contribution in [1.82, 2.24) is 0 Å². The Labute approximate surface area is 503 Å². The van der Waals surface area contributed by atoms with Crippen molar-refractivity contribution in [3.8, 4) is 0 Å². The molecule has 0 rings (SSSR count). The molecule has 0 saturated heterocycles. The Morgan fingerprint density at radius 1 is 0.247 bits per heavy atom. The largest absolute Gasteiger partial charge is 0.462 e. The molecule has 0 aromatic rings. The minimum Gasteiger partial charge on any atom is -0.462 e. The van der Waals surface area contributed by atoms with E-state index < -0.39 is 6.10 Å². The standard InChI is InChI=1S/C75H132O6/c1-4-7-10-13-16-19-22-25-27-29-31-32-33-34-35-36-37-38-39-40-41-42-44-45-47-50-53-56-59-62-65-68-74(77)80-71-72(70-79-73(76)67-64-61-58-55-52-49-24-21-18-15-12-9-6-3)81-75(78)69-66-63-60-57-54-51-48-46-43-30-28-26-23-20-17-14-11-8-5-2/h12,15,17,20-22,24-26,28-29,31,33-34,72H,4-11,13-14,16,18-19,23,27,30,32,35-71H2,1-3H3/b15-12-,20-17-,24-21-,25-22-,28-26-,31-29-,34-33-. The first-order valence-corrected chi connectivity index (χ1v) is 35.1. The summed E-state index contributed by atoms with van der Waals surface area (Å²) in [5.74, 6) is -0.884. The van der Waals surface area contributed by atoms with Crippen molar-refractivity contribution < 1.29 is 28.6 Å². The SMILES string of the molecule is CCC/C=C\C/C=C\CCCCCCCC(=O)OCC(COC(=O)CCCCCCCCCCCCCCCCCC/C=C\C/C=C\C/C=C\CCCCCCC)OC(=O)CCCCCCCCCCC/C=C\C/C=C\CCCCC. The number of unbranched alkanes of at least 4 members (excludes halogenated alkanes) is 39. The summed E-state index contributed by atoms with van der Waals surface area (Å²) in [6.45, 7) is 6.56. The van der Waals surface area contributed by atoms with Crippen molar-refractivity contribution in [2.75, 3.05) is 13.2 Å². The molecule has 0 aromatic carbocycles. The molecule has 0 saturated carbocycles. The monoisotopic (exact) mass is 1130 g/mol. The third-order valence-electron chi connectivity index (χ3n) is 15.3. The molecular weight excluding hydrogens is 997 g/mol. The minimum atomic E-state index is -0.785. The molecule has 6 heteroatoms. The summed E-state index contributed by atoms with van der Waals surface area (Å²) in [6.07, 6.45) is 91.8. The number of allylic oxidation sites excluding steroid dienone is 14. The van der Waals surface area contributed by atoms with Crippen LogP contribution in [0, 0.1) is 0 Å². The molecule has 0 spiro atoms. The summed E-state index contributed by atoms with van der Waals surface area (Å²) < 4.78 is 17.0. The van der Waals surface area contributed by atoms with E-state index in [0.29, 0.717) is 19.3 Å². The molecule has 0 fully saturated rings. The van der Waals surface area contributed by atoms with Gasteiger partial charge in [-0.1, -0.05) is 305 Å². The van der Waals surface area contributed by atoms with E-state index in [1.165, 1.54) is 212 Å². The molecule has 0 bridgehead atoms. The molecule has 468 valence electrons. The predicted molar refractivity (Wildman–Crippen MR) is 353 cm³/mol. The number of carbonyl (C=O) groups is 3. The van der Waals surface area contributed by atoms with Crippen molar-refractivity contribution >= 4 is 17.9 Å². The van der Waals surface area contributed by atoms with Crippen LogP contribution in [0.3, 0.4) is 0 Å². The van der Waals surface area contributed by atoms with Crippen molar-refractivity contribution in [1.29, 1.82) is 0 Å². The van der Waals surface area contributed by atoms with Gasteiger partial charge in [-0.25, -0.2) is 0 Å². The van der Waals surface area contributed by atoms with E-state index in [1.54, 1.807) is 0 Å². The Kier molecular flexibility index (Phi) is 66.2. The van der Waals surface area contributed by atoms with Gasteiger partial charge in [0.05, 0.1) is 0 Å². The summed E-state index contributed by atoms with van der Waals surface area (Å²) in [7, 11) is 0. The third-order valence-corrected chi connectivity index (χ3v) is 15.3. The lowest BCUT2D eigenvalue weighted by Crippen LogP contribution is -2.30. The van der Waals surface area contributed by atoms with Gasteiger partial charge in [0.2, 0.25) is 0 Å². The van der Waals surface area contributed by atoms with Gasteiger partial charge in [0.1, 0.15) is 13.2 Å². The molecule has 0 aliphatic carbocycles. The Balaban J connectivity index is 4.21. The fraction of sp³-hybridized carbons (Fsp3) is 0.773. The molecular formula is C75H132O6. The Hall–Kier alpha value is -3.41. The highest BCUT2D eigenvalue weighted by molar-refractivity contribution is 5.71. The zero-order valence-electron chi connectivity index (χ0n) is 53.8. The lowest BCUT2D eigenvalue weighted by molar-refractivity contribution is -0.167. The maximum atomic E-state index is 12.9. The second-order valence-electron chi connectivity index (χ2n) is 23.4. The van der Waals surface area contributed by atoms with Gasteiger partial charge in [0, 0.05) is 19.3 Å². The second kappa shape index (κ2) is 69.1. The van der Waals surface area contributed by atoms with Crippen molar-refractivity contribution in [2.24, 2.45) is 0 Å². The molecule has 0 aromatic heterocycles. The second-order valence-corrected chi connectivity index (χ2v) is 23.4. The number of ether oxygens (including phenoxy) is 3. The fourth-order valence-corrected chi connectivity index (χ4v) is 10.1. The summed E-state index contributed by atoms with van der Waals surface area (Å²) >= 11 is 0. The summed E-state index contributed by atoms with van der Waals surface area (Å²) in [4.78, 5) is 38.4. The highest BCUT2D eigenvalue weighted by Crippen LogP contribution is 2.17. The number of esters is 3. The van der Waals surface area contributed by atoms with Crippen LogP contribution in [0.2, 0.25) is 0 Å². The molecule has 0 aliphatic heterocycles. The van der Waals surface area contributed by atoms with E-state index in [2.05, 4.69) is 106 Å². The fourth-order valence-electron chi connectivity index (χ4n) is 10.1. The van der Waals surface area contributed by atoms with Crippen LogP contribution >= 0.6 is 0 Å². The van der Waals surface area contributed by atoms with Gasteiger partial charge in [-0.3, -0.25) is 14.4 Å². The first kappa shape index (κ1) is 77.6. The highest BCUT2D eigenvalue weighted by Gasteiger charge is 2.19. The normalized spacial score (nSPS) is 12.6. The maximum Gasteiger partial charge on any atom is 0.306 e. The average molecular weight is 1130 g/mol. The highest BCUT2D eigenvalue weighted by atomic mass is 16.6. The minimum absolute atomic E-state index is 0.0804. The van der Waals surface area contributed by atoms with Crippen molar-refractivity contribution in [3.63, 3.8) is 0 Å². The number of hydrogen-bond donors (Lipinski definition) is 0. The smallest absolute Gasteiger partial charge is 0.306 e. The predicted octanol–water partition coefficient (Wildman–Crippen LogP) is 24.2. The summed E-state index contributed by atoms with van der Waals surface area (Å²) in [5.41, 5.74) is 0. The molecule has 0 N–H and O–H groups in total. The quantitative estimate of drug-likeness (QED) is 0.0261. The Morgan fingerprint density at radius 2 is 0.469 bits per heavy atom. The van der Waals surface area contributed by atoms with Crippen LogP contribution in [-0.2, 0) is 28.6 Å². The van der Waals surface area contributed by atoms with Crippen molar-refractivity contribution in [3.05, 3.63) is 85.1 Å². The van der Waals surface area contributed by atoms with Gasteiger partial charge in [-0.15, -0.1) is 0 Å². The van der Waals surface area contributed by atoms with Crippen LogP contribution in [0.1, 0.15) is 355 Å². The van der Waals surface area contributed by atoms with E-state index in [-0.39, 0.29) is 31.1 Å². The Bertz CT molecular complexity index is 1530. The zero-order valence-corrected chi connectivity index (χ0v) is 53.8. The number of rotatable bonds is 64. The van der Waals surface area contributed by atoms with Gasteiger partial charge in [0.25, 0.3) is 0 Å². The van der Waals surface area contributed by atoms with Gasteiger partial charge >= 0.3 is 17.9 Å². The summed E-state index contributed by atoms with van der Waals surface area (Å²) in [5, 5.41) is 0. The van der Waals surface area contributed by atoms with Gasteiger partial charge in [-0.05, 0) is 116 Å². The maximum absolute atomic E-state index is 12.9. The molecule has 0 amide bonds. The lowest BCUT2D eigenvalue weighted by Gasteiger charge is -2.18. The van der Waals surface area contributed by atoms with Crippen LogP contribution in [0.15, 0.2) is 85.1 Å². The van der Waals surface area contributed by atoms with Crippen LogP contribution < -0.4 is 0 Å². The number of carbonyl (C=O) groups excluding carboxylic acids is 3. The first-order chi connectivity index (χ1) is 40.0. The van der Waals surface area contributed by atoms with Crippen LogP contribution in [0.25, 0.3) is 0 Å². The van der Waals surface area contributed by atoms with E-state index in [1.807, 2.05) is 0 Å². The Morgan fingerprint density at radius 3 is 0.765 bits per heavy atom. The average Bonchev–Trinajstić information content (AvgIpc) is 3.46. The first-order valence-electron chi connectivity index (χ1n) is 35.1. The molecule has 81 heavy (non-hydrogen) atoms. The number of hydrogen-bond acceptors (Lipinski definition) is 6. The van der Waals surface area contributed by atoms with E-state index in [0.717, 1.165) is 103 Å². The molecule has 0 aliphatic rings. The van der Waals surface area contributed by atoms with Gasteiger partial charge < -0.3 is 14.2 Å². The van der Waals surface area contributed by atoms with Crippen LogP contribution in [-0.4, -0.2) is 37.2 Å². The van der Waals surface area contributed by atoms with Crippen molar-refractivity contribution in [2.45, 2.75) is 361 Å². The van der Waals surface area contributed by atoms with E-state index >= 15 is 0 Å². The molecule has 1 unspecified atom stereocenters. The lowest BCUT2D eigenvalue weighted by atomic mass is 10.0. The van der Waals surface area contributed by atoms with Gasteiger partial charge in [-0.2, -0.15) is 0 Å². The molecule has 6 nitrogen and oxygen atoms in total. The zero-order chi connectivity index (χ0) is 58.5. The van der Waals surface area contributed by atoms with Crippen LogP contribution in [0.5, 0.6) is 0 Å². The summed E-state index contributed by atoms with van der Waals surface area (Å²) in [6, 6.07) is 0. The molecule has 1 atom stereocenters. The molecule has 0 heterocycles. The van der Waals surface area contributed by atoms with E-state index in [9.17, 15) is 14.4 Å².